The minimum Gasteiger partial charge on any atom is -0.315 e. The highest BCUT2D eigenvalue weighted by Crippen LogP contribution is 2.27. The van der Waals surface area contributed by atoms with Crippen molar-refractivity contribution in [2.75, 3.05) is 5.32 Å². The summed E-state index contributed by atoms with van der Waals surface area (Å²) in [5, 5.41) is 16.1. The molecule has 0 unspecified atom stereocenters. The quantitative estimate of drug-likeness (QED) is 0.691. The van der Waals surface area contributed by atoms with Crippen LogP contribution in [0.3, 0.4) is 0 Å². The summed E-state index contributed by atoms with van der Waals surface area (Å²) >= 11 is 0.496. The van der Waals surface area contributed by atoms with Crippen molar-refractivity contribution in [3.63, 3.8) is 0 Å². The molecule has 0 bridgehead atoms. The Morgan fingerprint density at radius 2 is 2.10 bits per heavy atom. The average molecular weight is 300 g/mol. The number of benzene rings is 1. The molecule has 0 aliphatic carbocycles. The number of hydrogen-bond acceptors (Lipinski definition) is 6. The standard InChI is InChI=1S/C10H6F2N4O3S/c11-9(12)7-8(20-15-14-7)10(17)13-5-3-1-2-4-6(5)16(18)19/h1-4,9H,(H,13,17). The number of rotatable bonds is 4. The number of nitrogens with zero attached hydrogens (tertiary/aromatic N) is 3. The summed E-state index contributed by atoms with van der Waals surface area (Å²) in [7, 11) is 0. The molecule has 0 atom stereocenters. The van der Waals surface area contributed by atoms with Gasteiger partial charge in [0.15, 0.2) is 5.69 Å². The minimum absolute atomic E-state index is 0.0869. The third kappa shape index (κ3) is 2.74. The predicted molar refractivity (Wildman–Crippen MR) is 65.9 cm³/mol. The second kappa shape index (κ2) is 5.65. The Hall–Kier alpha value is -2.49. The Balaban J connectivity index is 2.29. The maximum absolute atomic E-state index is 12.6. The van der Waals surface area contributed by atoms with Gasteiger partial charge in [0.2, 0.25) is 0 Å². The molecule has 0 spiro atoms. The summed E-state index contributed by atoms with van der Waals surface area (Å²) in [4.78, 5) is 21.6. The number of alkyl halides is 2. The van der Waals surface area contributed by atoms with Crippen LogP contribution >= 0.6 is 11.5 Å². The van der Waals surface area contributed by atoms with Crippen molar-refractivity contribution >= 4 is 28.8 Å². The van der Waals surface area contributed by atoms with Crippen molar-refractivity contribution in [2.24, 2.45) is 0 Å². The Morgan fingerprint density at radius 1 is 1.40 bits per heavy atom. The highest BCUT2D eigenvalue weighted by Gasteiger charge is 2.25. The zero-order chi connectivity index (χ0) is 14.7. The molecule has 0 aliphatic heterocycles. The summed E-state index contributed by atoms with van der Waals surface area (Å²) in [6.07, 6.45) is -2.94. The lowest BCUT2D eigenvalue weighted by Gasteiger charge is -2.04. The topological polar surface area (TPSA) is 98.0 Å². The number of nitrogens with one attached hydrogen (secondary N) is 1. The summed E-state index contributed by atoms with van der Waals surface area (Å²) in [6, 6.07) is 5.38. The van der Waals surface area contributed by atoms with Gasteiger partial charge in [-0.2, -0.15) is 0 Å². The second-order valence-corrected chi connectivity index (χ2v) is 4.27. The number of nitro groups is 1. The molecule has 1 aromatic heterocycles. The molecule has 1 N–H and O–H groups in total. The molecular formula is C10H6F2N4O3S. The zero-order valence-corrected chi connectivity index (χ0v) is 10.4. The lowest BCUT2D eigenvalue weighted by atomic mass is 10.2. The van der Waals surface area contributed by atoms with Gasteiger partial charge < -0.3 is 5.32 Å². The van der Waals surface area contributed by atoms with Gasteiger partial charge in [-0.05, 0) is 17.6 Å². The first-order chi connectivity index (χ1) is 9.50. The Bertz CT molecular complexity index is 661. The van der Waals surface area contributed by atoms with E-state index in [1.165, 1.54) is 24.3 Å². The van der Waals surface area contributed by atoms with E-state index in [4.69, 9.17) is 0 Å². The molecule has 0 fully saturated rings. The van der Waals surface area contributed by atoms with Gasteiger partial charge in [-0.1, -0.05) is 16.6 Å². The first-order valence-electron chi connectivity index (χ1n) is 5.16. The average Bonchev–Trinajstić information content (AvgIpc) is 2.88. The smallest absolute Gasteiger partial charge is 0.292 e. The highest BCUT2D eigenvalue weighted by molar-refractivity contribution is 7.08. The van der Waals surface area contributed by atoms with Crippen LogP contribution in [0, 0.1) is 10.1 Å². The van der Waals surface area contributed by atoms with Gasteiger partial charge in [0.1, 0.15) is 10.6 Å². The van der Waals surface area contributed by atoms with E-state index in [2.05, 4.69) is 14.9 Å². The van der Waals surface area contributed by atoms with Crippen molar-refractivity contribution in [1.29, 1.82) is 0 Å². The largest absolute Gasteiger partial charge is 0.315 e. The van der Waals surface area contributed by atoms with Gasteiger partial charge >= 0.3 is 0 Å². The summed E-state index contributed by atoms with van der Waals surface area (Å²) in [5.74, 6) is -0.912. The molecule has 0 aliphatic rings. The monoisotopic (exact) mass is 300 g/mol. The number of nitro benzene ring substituents is 1. The van der Waals surface area contributed by atoms with Crippen LogP contribution in [0.25, 0.3) is 0 Å². The number of aromatic nitrogens is 2. The van der Waals surface area contributed by atoms with Crippen LogP contribution in [0.15, 0.2) is 24.3 Å². The molecule has 20 heavy (non-hydrogen) atoms. The van der Waals surface area contributed by atoms with Crippen LogP contribution < -0.4 is 5.32 Å². The molecule has 1 heterocycles. The third-order valence-corrected chi connectivity index (χ3v) is 3.02. The maximum atomic E-state index is 12.6. The summed E-state index contributed by atoms with van der Waals surface area (Å²) < 4.78 is 28.4. The van der Waals surface area contributed by atoms with Crippen molar-refractivity contribution in [3.8, 4) is 0 Å². The summed E-state index contributed by atoms with van der Waals surface area (Å²) in [6.45, 7) is 0. The van der Waals surface area contributed by atoms with Crippen LogP contribution in [-0.4, -0.2) is 20.4 Å². The number of halogens is 2. The maximum Gasteiger partial charge on any atom is 0.292 e. The Morgan fingerprint density at radius 3 is 2.75 bits per heavy atom. The van der Waals surface area contributed by atoms with Crippen molar-refractivity contribution < 1.29 is 18.5 Å². The number of carbonyl (C=O) groups is 1. The molecule has 0 saturated carbocycles. The minimum atomic E-state index is -2.94. The van der Waals surface area contributed by atoms with E-state index in [1.807, 2.05) is 0 Å². The normalized spacial score (nSPS) is 10.6. The Kier molecular flexibility index (Phi) is 3.94. The van der Waals surface area contributed by atoms with E-state index in [1.54, 1.807) is 0 Å². The molecule has 0 radical (unpaired) electrons. The number of anilines is 1. The van der Waals surface area contributed by atoms with E-state index >= 15 is 0 Å². The fourth-order valence-corrected chi connectivity index (χ4v) is 1.98. The third-order valence-electron chi connectivity index (χ3n) is 2.28. The van der Waals surface area contributed by atoms with Crippen molar-refractivity contribution in [2.45, 2.75) is 6.43 Å². The molecule has 7 nitrogen and oxygen atoms in total. The van der Waals surface area contributed by atoms with Gasteiger partial charge in [-0.15, -0.1) is 5.10 Å². The molecular weight excluding hydrogens is 294 g/mol. The van der Waals surface area contributed by atoms with Crippen LogP contribution in [0.4, 0.5) is 20.2 Å². The molecule has 1 aromatic carbocycles. The molecule has 10 heteroatoms. The van der Waals surface area contributed by atoms with Gasteiger partial charge in [0.05, 0.1) is 4.92 Å². The molecule has 2 rings (SSSR count). The Labute approximate surface area is 114 Å². The van der Waals surface area contributed by atoms with E-state index in [9.17, 15) is 23.7 Å². The predicted octanol–water partition coefficient (Wildman–Crippen LogP) is 2.64. The van der Waals surface area contributed by atoms with Gasteiger partial charge in [0.25, 0.3) is 18.0 Å². The van der Waals surface area contributed by atoms with E-state index in [0.717, 1.165) is 0 Å². The first-order valence-corrected chi connectivity index (χ1v) is 5.93. The number of amides is 1. The lowest BCUT2D eigenvalue weighted by molar-refractivity contribution is -0.383. The van der Waals surface area contributed by atoms with Crippen molar-refractivity contribution in [1.82, 2.24) is 9.59 Å². The van der Waals surface area contributed by atoms with Crippen LogP contribution in [0.2, 0.25) is 0 Å². The van der Waals surface area contributed by atoms with Gasteiger partial charge in [-0.3, -0.25) is 14.9 Å². The molecule has 104 valence electrons. The molecule has 1 amide bonds. The van der Waals surface area contributed by atoms with E-state index < -0.39 is 22.9 Å². The molecule has 2 aromatic rings. The fraction of sp³-hybridized carbons (Fsp3) is 0.100. The summed E-state index contributed by atoms with van der Waals surface area (Å²) in [5.41, 5.74) is -1.17. The van der Waals surface area contributed by atoms with E-state index in [0.29, 0.717) is 11.5 Å². The van der Waals surface area contributed by atoms with Crippen LogP contribution in [0.1, 0.15) is 21.8 Å². The second-order valence-electron chi connectivity index (χ2n) is 3.52. The lowest BCUT2D eigenvalue weighted by Crippen LogP contribution is -2.13. The molecule has 0 saturated heterocycles. The highest BCUT2D eigenvalue weighted by atomic mass is 32.1. The SMILES string of the molecule is O=C(Nc1ccccc1[N+](=O)[O-])c1snnc1C(F)F. The number of para-hydroxylation sites is 2. The zero-order valence-electron chi connectivity index (χ0n) is 9.62. The van der Waals surface area contributed by atoms with Gasteiger partial charge in [0, 0.05) is 6.07 Å². The van der Waals surface area contributed by atoms with Gasteiger partial charge in [-0.25, -0.2) is 8.78 Å². The van der Waals surface area contributed by atoms with Crippen LogP contribution in [-0.2, 0) is 0 Å². The van der Waals surface area contributed by atoms with E-state index in [-0.39, 0.29) is 16.3 Å². The van der Waals surface area contributed by atoms with Crippen LogP contribution in [0.5, 0.6) is 0 Å². The van der Waals surface area contributed by atoms with Crippen molar-refractivity contribution in [3.05, 3.63) is 45.0 Å². The number of carbonyl (C=O) groups excluding carboxylic acids is 1. The first kappa shape index (κ1) is 13.9. The number of hydrogen-bond donors (Lipinski definition) is 1. The fourth-order valence-electron chi connectivity index (χ4n) is 1.42.